The molecule has 38 heavy (non-hydrogen) atoms. The Kier molecular flexibility index (Phi) is 12.4. The molecule has 0 fully saturated rings. The summed E-state index contributed by atoms with van der Waals surface area (Å²) in [6.45, 7) is 7.63. The zero-order valence-corrected chi connectivity index (χ0v) is 24.4. The van der Waals surface area contributed by atoms with Crippen molar-refractivity contribution in [2.75, 3.05) is 30.5 Å². The zero-order valence-electron chi connectivity index (χ0n) is 22.8. The molecule has 8 heteroatoms. The average molecular weight is 571 g/mol. The van der Waals surface area contributed by atoms with Crippen LogP contribution in [0, 0.1) is 0 Å². The van der Waals surface area contributed by atoms with Gasteiger partial charge in [0.05, 0.1) is 13.2 Å². The minimum Gasteiger partial charge on any atom is -0.405 e. The number of thioether (sulfide) groups is 1. The Morgan fingerprint density at radius 1 is 0.895 bits per heavy atom. The minimum absolute atomic E-state index is 0.138. The number of rotatable bonds is 15. The van der Waals surface area contributed by atoms with Gasteiger partial charge in [-0.2, -0.15) is 10.6 Å². The van der Waals surface area contributed by atoms with E-state index in [1.165, 1.54) is 29.4 Å². The topological polar surface area (TPSA) is 27.7 Å². The van der Waals surface area contributed by atoms with Crippen molar-refractivity contribution >= 4 is 34.0 Å². The molecule has 0 radical (unpaired) electrons. The maximum Gasteiger partial charge on any atom is 0.573 e. The van der Waals surface area contributed by atoms with E-state index in [9.17, 15) is 13.2 Å². The molecule has 0 aliphatic heterocycles. The number of allylic oxidation sites excluding steroid dienone is 1. The quantitative estimate of drug-likeness (QED) is 0.157. The highest BCUT2D eigenvalue weighted by Crippen LogP contribution is 2.50. The first kappa shape index (κ1) is 30.9. The van der Waals surface area contributed by atoms with Crippen LogP contribution in [-0.4, -0.2) is 36.8 Å². The highest BCUT2D eigenvalue weighted by molar-refractivity contribution is 8.25. The third kappa shape index (κ3) is 9.54. The number of alkyl halides is 3. The van der Waals surface area contributed by atoms with Gasteiger partial charge >= 0.3 is 6.36 Å². The predicted octanol–water partition coefficient (Wildman–Crippen LogP) is 9.84. The fraction of sp³-hybridized carbons (Fsp3) is 0.533. The van der Waals surface area contributed by atoms with Gasteiger partial charge in [0.2, 0.25) is 0 Å². The van der Waals surface area contributed by atoms with E-state index in [0.29, 0.717) is 25.2 Å². The van der Waals surface area contributed by atoms with E-state index in [4.69, 9.17) is 8.37 Å². The van der Waals surface area contributed by atoms with Gasteiger partial charge in [0.25, 0.3) is 0 Å². The van der Waals surface area contributed by atoms with Gasteiger partial charge in [-0.25, -0.2) is 0 Å². The van der Waals surface area contributed by atoms with E-state index < -0.39 is 17.0 Å². The molecule has 0 bridgehead atoms. The Morgan fingerprint density at radius 3 is 2.34 bits per heavy atom. The summed E-state index contributed by atoms with van der Waals surface area (Å²) in [7, 11) is -1.39. The van der Waals surface area contributed by atoms with E-state index in [-0.39, 0.29) is 5.75 Å². The first-order chi connectivity index (χ1) is 18.3. The second-order valence-corrected chi connectivity index (χ2v) is 13.4. The number of hydrogen-bond acceptors (Lipinski definition) is 4. The number of hydrogen-bond donors (Lipinski definition) is 0. The number of unbranched alkanes of at least 4 members (excludes halogenated alkanes) is 3. The number of benzene rings is 2. The highest BCUT2D eigenvalue weighted by atomic mass is 32.3. The smallest absolute Gasteiger partial charge is 0.405 e. The Morgan fingerprint density at radius 2 is 1.63 bits per heavy atom. The van der Waals surface area contributed by atoms with Crippen LogP contribution in [-0.2, 0) is 14.8 Å². The molecule has 0 atom stereocenters. The van der Waals surface area contributed by atoms with Gasteiger partial charge < -0.3 is 4.74 Å². The maximum absolute atomic E-state index is 13.0. The lowest BCUT2D eigenvalue weighted by Crippen LogP contribution is -2.18. The van der Waals surface area contributed by atoms with E-state index in [1.807, 2.05) is 31.7 Å². The van der Waals surface area contributed by atoms with Gasteiger partial charge in [0.1, 0.15) is 5.75 Å². The van der Waals surface area contributed by atoms with E-state index in [0.717, 1.165) is 54.1 Å². The lowest BCUT2D eigenvalue weighted by molar-refractivity contribution is -0.274. The molecule has 2 aromatic rings. The monoisotopic (exact) mass is 570 g/mol. The molecule has 0 N–H and O–H groups in total. The molecule has 0 aromatic heterocycles. The molecule has 0 unspecified atom stereocenters. The number of para-hydroxylation sites is 1. The molecule has 3 rings (SSSR count). The molecule has 212 valence electrons. The molecule has 2 aromatic carbocycles. The predicted molar refractivity (Wildman–Crippen MR) is 156 cm³/mol. The van der Waals surface area contributed by atoms with Crippen molar-refractivity contribution < 1.29 is 26.3 Å². The van der Waals surface area contributed by atoms with Gasteiger partial charge in [-0.15, -0.1) is 24.9 Å². The number of aryl methyl sites for hydroxylation is 1. The molecule has 0 spiro atoms. The van der Waals surface area contributed by atoms with E-state index >= 15 is 0 Å². The van der Waals surface area contributed by atoms with Crippen LogP contribution in [0.2, 0.25) is 0 Å². The molecule has 3 nitrogen and oxygen atoms in total. The summed E-state index contributed by atoms with van der Waals surface area (Å²) in [4.78, 5) is 1.20. The van der Waals surface area contributed by atoms with Crippen LogP contribution in [0.1, 0.15) is 76.0 Å². The van der Waals surface area contributed by atoms with Crippen LogP contribution in [0.4, 0.5) is 13.2 Å². The van der Waals surface area contributed by atoms with Crippen molar-refractivity contribution in [3.63, 3.8) is 0 Å². The number of ether oxygens (including phenoxy) is 1. The largest absolute Gasteiger partial charge is 0.573 e. The Balaban J connectivity index is 1.56. The summed E-state index contributed by atoms with van der Waals surface area (Å²) in [5.41, 5.74) is 3.73. The van der Waals surface area contributed by atoms with Gasteiger partial charge in [-0.3, -0.25) is 8.37 Å². The molecule has 0 saturated heterocycles. The number of halogens is 3. The summed E-state index contributed by atoms with van der Waals surface area (Å²) in [5.74, 6) is 2.86. The summed E-state index contributed by atoms with van der Waals surface area (Å²) in [5, 5.41) is 0. The van der Waals surface area contributed by atoms with Crippen LogP contribution in [0.5, 0.6) is 5.75 Å². The van der Waals surface area contributed by atoms with Crippen molar-refractivity contribution in [2.45, 2.75) is 77.0 Å². The lowest BCUT2D eigenvalue weighted by Gasteiger charge is -2.42. The second-order valence-electron chi connectivity index (χ2n) is 9.24. The second kappa shape index (κ2) is 15.2. The van der Waals surface area contributed by atoms with Crippen molar-refractivity contribution in [2.24, 2.45) is 0 Å². The van der Waals surface area contributed by atoms with Crippen LogP contribution in [0.3, 0.4) is 0 Å². The molecular weight excluding hydrogens is 529 g/mol. The van der Waals surface area contributed by atoms with Gasteiger partial charge in [0, 0.05) is 22.0 Å². The molecular formula is C30H41F3O3S2. The van der Waals surface area contributed by atoms with Crippen LogP contribution in [0.25, 0.3) is 11.6 Å². The standard InChI is InChI=1S/C30H41F3O3S2/c1-4-34-38(6-3,35-5-2)21-12-8-7-11-20-37-27-19-18-24-14-13-15-25(22-26(24)23-27)28-16-9-10-17-29(28)36-30(31,32)33/h9-10,16-19,22-23H,4-8,11-15,20-21H2,1-3H3. The summed E-state index contributed by atoms with van der Waals surface area (Å²) >= 11 is 1.85. The zero-order chi connectivity index (χ0) is 27.4. The van der Waals surface area contributed by atoms with Gasteiger partial charge in [-0.1, -0.05) is 43.2 Å². The Bertz CT molecular complexity index is 1030. The first-order valence-corrected chi connectivity index (χ1v) is 16.5. The third-order valence-corrected chi connectivity index (χ3v) is 10.7. The Labute approximate surface area is 232 Å². The van der Waals surface area contributed by atoms with Gasteiger partial charge in [0.15, 0.2) is 0 Å². The summed E-state index contributed by atoms with van der Waals surface area (Å²) in [6.07, 6.45) is 4.46. The molecule has 1 aliphatic rings. The molecule has 0 saturated carbocycles. The molecule has 1 aliphatic carbocycles. The van der Waals surface area contributed by atoms with E-state index in [1.54, 1.807) is 18.2 Å². The normalized spacial score (nSPS) is 14.5. The number of fused-ring (bicyclic) bond motifs is 1. The fourth-order valence-electron chi connectivity index (χ4n) is 4.77. The minimum atomic E-state index is -4.71. The molecule has 0 amide bonds. The van der Waals surface area contributed by atoms with Crippen LogP contribution in [0.15, 0.2) is 47.4 Å². The third-order valence-electron chi connectivity index (χ3n) is 6.52. The van der Waals surface area contributed by atoms with Gasteiger partial charge in [-0.05, 0) is 93.5 Å². The summed E-state index contributed by atoms with van der Waals surface area (Å²) < 4.78 is 55.2. The fourth-order valence-corrected chi connectivity index (χ4v) is 8.16. The van der Waals surface area contributed by atoms with Crippen molar-refractivity contribution in [3.8, 4) is 5.75 Å². The Hall–Kier alpha value is -1.61. The first-order valence-electron chi connectivity index (χ1n) is 13.7. The van der Waals surface area contributed by atoms with E-state index in [2.05, 4.69) is 29.9 Å². The SMILES string of the molecule is CCOS(CC)(CCCCCCSc1ccc2c(c1)C=C(c1ccccc1OC(F)(F)F)CCC2)OCC. The maximum atomic E-state index is 13.0. The average Bonchev–Trinajstić information content (AvgIpc) is 3.09. The highest BCUT2D eigenvalue weighted by Gasteiger charge is 2.32. The van der Waals surface area contributed by atoms with Crippen LogP contribution >= 0.6 is 22.4 Å². The van der Waals surface area contributed by atoms with Crippen molar-refractivity contribution in [3.05, 3.63) is 59.2 Å². The summed E-state index contributed by atoms with van der Waals surface area (Å²) in [6, 6.07) is 13.0. The van der Waals surface area contributed by atoms with Crippen molar-refractivity contribution in [1.82, 2.24) is 0 Å². The molecule has 0 heterocycles. The van der Waals surface area contributed by atoms with Crippen LogP contribution < -0.4 is 4.74 Å². The van der Waals surface area contributed by atoms with Crippen molar-refractivity contribution in [1.29, 1.82) is 0 Å². The lowest BCUT2D eigenvalue weighted by atomic mass is 9.99.